The molecule has 0 bridgehead atoms. The molecular formula is C18H22N4O3S. The number of amides is 1. The van der Waals surface area contributed by atoms with Crippen LogP contribution in [0.4, 0.5) is 0 Å². The zero-order valence-electron chi connectivity index (χ0n) is 14.7. The standard InChI is InChI=1S/C18H22N4O3S/c1-11-17(26-10-19-11)18(24)20-13-2-4-14(5-3-13)22-16(23)8-12-9-25-7-6-15(12)21-22/h8,10,13-14H,2-7,9H2,1H3,(H,20,24). The van der Waals surface area contributed by atoms with Gasteiger partial charge in [0.1, 0.15) is 4.88 Å². The van der Waals surface area contributed by atoms with Gasteiger partial charge in [-0.15, -0.1) is 11.3 Å². The van der Waals surface area contributed by atoms with E-state index < -0.39 is 0 Å². The minimum Gasteiger partial charge on any atom is -0.376 e. The van der Waals surface area contributed by atoms with E-state index in [4.69, 9.17) is 4.74 Å². The molecule has 2 aromatic rings. The van der Waals surface area contributed by atoms with Crippen LogP contribution >= 0.6 is 11.3 Å². The Morgan fingerprint density at radius 3 is 2.88 bits per heavy atom. The monoisotopic (exact) mass is 374 g/mol. The normalized spacial score (nSPS) is 22.7. The summed E-state index contributed by atoms with van der Waals surface area (Å²) in [6, 6.07) is 1.91. The maximum atomic E-state index is 12.4. The highest BCUT2D eigenvalue weighted by Crippen LogP contribution is 2.28. The number of hydrogen-bond donors (Lipinski definition) is 1. The van der Waals surface area contributed by atoms with Crippen molar-refractivity contribution in [3.63, 3.8) is 0 Å². The molecule has 8 heteroatoms. The molecule has 0 unspecified atom stereocenters. The zero-order valence-corrected chi connectivity index (χ0v) is 15.6. The van der Waals surface area contributed by atoms with E-state index in [0.29, 0.717) is 18.1 Å². The van der Waals surface area contributed by atoms with Crippen LogP contribution in [0, 0.1) is 6.92 Å². The summed E-state index contributed by atoms with van der Waals surface area (Å²) in [7, 11) is 0. The van der Waals surface area contributed by atoms with Gasteiger partial charge in [0.15, 0.2) is 0 Å². The molecule has 1 aliphatic carbocycles. The molecule has 1 N–H and O–H groups in total. The van der Waals surface area contributed by atoms with E-state index in [-0.39, 0.29) is 23.6 Å². The van der Waals surface area contributed by atoms with Crippen molar-refractivity contribution in [3.8, 4) is 0 Å². The molecule has 26 heavy (non-hydrogen) atoms. The van der Waals surface area contributed by atoms with Gasteiger partial charge in [0.2, 0.25) is 0 Å². The molecule has 0 spiro atoms. The highest BCUT2D eigenvalue weighted by molar-refractivity contribution is 7.11. The third kappa shape index (κ3) is 3.43. The number of aromatic nitrogens is 3. The molecule has 7 nitrogen and oxygen atoms in total. The molecule has 3 heterocycles. The van der Waals surface area contributed by atoms with Crippen LogP contribution in [0.25, 0.3) is 0 Å². The summed E-state index contributed by atoms with van der Waals surface area (Å²) in [5.41, 5.74) is 4.31. The average molecular weight is 374 g/mol. The SMILES string of the molecule is Cc1ncsc1C(=O)NC1CCC(n2nc3c(cc2=O)COCC3)CC1. The van der Waals surface area contributed by atoms with Crippen molar-refractivity contribution < 1.29 is 9.53 Å². The van der Waals surface area contributed by atoms with Crippen LogP contribution in [0.5, 0.6) is 0 Å². The second-order valence-corrected chi connectivity index (χ2v) is 7.80. The molecule has 0 radical (unpaired) electrons. The minimum atomic E-state index is -0.0537. The quantitative estimate of drug-likeness (QED) is 0.888. The van der Waals surface area contributed by atoms with Gasteiger partial charge in [-0.1, -0.05) is 0 Å². The molecule has 138 valence electrons. The van der Waals surface area contributed by atoms with E-state index in [1.165, 1.54) is 11.3 Å². The molecule has 1 amide bonds. The molecule has 2 aliphatic rings. The lowest BCUT2D eigenvalue weighted by Crippen LogP contribution is -2.40. The van der Waals surface area contributed by atoms with Crippen molar-refractivity contribution in [1.29, 1.82) is 0 Å². The highest BCUT2D eigenvalue weighted by Gasteiger charge is 2.26. The van der Waals surface area contributed by atoms with E-state index in [1.807, 2.05) is 6.92 Å². The summed E-state index contributed by atoms with van der Waals surface area (Å²) in [5.74, 6) is -0.0440. The summed E-state index contributed by atoms with van der Waals surface area (Å²) in [5, 5.41) is 7.71. The van der Waals surface area contributed by atoms with Gasteiger partial charge in [-0.05, 0) is 32.6 Å². The molecule has 2 aromatic heterocycles. The van der Waals surface area contributed by atoms with E-state index >= 15 is 0 Å². The number of aryl methyl sites for hydroxylation is 1. The van der Waals surface area contributed by atoms with Gasteiger partial charge < -0.3 is 10.1 Å². The van der Waals surface area contributed by atoms with Gasteiger partial charge in [0.05, 0.1) is 36.2 Å². The summed E-state index contributed by atoms with van der Waals surface area (Å²) < 4.78 is 7.04. The van der Waals surface area contributed by atoms with Crippen LogP contribution in [0.1, 0.15) is 58.3 Å². The van der Waals surface area contributed by atoms with Crippen molar-refractivity contribution in [2.75, 3.05) is 6.61 Å². The van der Waals surface area contributed by atoms with Gasteiger partial charge in [0.25, 0.3) is 11.5 Å². The first kappa shape index (κ1) is 17.4. The fourth-order valence-electron chi connectivity index (χ4n) is 3.73. The Labute approximate surface area is 155 Å². The number of nitrogens with one attached hydrogen (secondary N) is 1. The fourth-order valence-corrected chi connectivity index (χ4v) is 4.43. The van der Waals surface area contributed by atoms with Crippen LogP contribution in [0.15, 0.2) is 16.4 Å². The molecule has 1 saturated carbocycles. The van der Waals surface area contributed by atoms with E-state index in [0.717, 1.165) is 49.1 Å². The molecule has 1 fully saturated rings. The van der Waals surface area contributed by atoms with Gasteiger partial charge in [-0.25, -0.2) is 9.67 Å². The van der Waals surface area contributed by atoms with Crippen molar-refractivity contribution in [2.45, 2.75) is 57.7 Å². The smallest absolute Gasteiger partial charge is 0.267 e. The first-order valence-corrected chi connectivity index (χ1v) is 9.90. The Morgan fingerprint density at radius 2 is 2.15 bits per heavy atom. The molecule has 0 aromatic carbocycles. The average Bonchev–Trinajstić information content (AvgIpc) is 3.08. The third-order valence-electron chi connectivity index (χ3n) is 5.19. The lowest BCUT2D eigenvalue weighted by Gasteiger charge is -2.30. The predicted octanol–water partition coefficient (Wildman–Crippen LogP) is 1.99. The van der Waals surface area contributed by atoms with Crippen LogP contribution in [0.2, 0.25) is 0 Å². The first-order valence-electron chi connectivity index (χ1n) is 9.02. The van der Waals surface area contributed by atoms with E-state index in [1.54, 1.807) is 16.3 Å². The molecule has 0 saturated heterocycles. The Hall–Kier alpha value is -2.06. The number of carbonyl (C=O) groups excluding carboxylic acids is 1. The Morgan fingerprint density at radius 1 is 1.35 bits per heavy atom. The highest BCUT2D eigenvalue weighted by atomic mass is 32.1. The van der Waals surface area contributed by atoms with Gasteiger partial charge in [-0.3, -0.25) is 9.59 Å². The van der Waals surface area contributed by atoms with E-state index in [2.05, 4.69) is 15.4 Å². The molecule has 1 aliphatic heterocycles. The van der Waals surface area contributed by atoms with Crippen molar-refractivity contribution in [3.05, 3.63) is 43.8 Å². The van der Waals surface area contributed by atoms with Crippen LogP contribution in [-0.2, 0) is 17.8 Å². The lowest BCUT2D eigenvalue weighted by molar-refractivity contribution is 0.0924. The van der Waals surface area contributed by atoms with Crippen LogP contribution < -0.4 is 10.9 Å². The Bertz CT molecular complexity index is 868. The Kier molecular flexibility index (Phi) is 4.86. The Balaban J connectivity index is 1.40. The van der Waals surface area contributed by atoms with Crippen molar-refractivity contribution in [2.24, 2.45) is 0 Å². The van der Waals surface area contributed by atoms with E-state index in [9.17, 15) is 9.59 Å². The summed E-state index contributed by atoms with van der Waals surface area (Å²) >= 11 is 1.37. The number of thiazole rings is 1. The van der Waals surface area contributed by atoms with Crippen LogP contribution in [0.3, 0.4) is 0 Å². The number of carbonyl (C=O) groups is 1. The van der Waals surface area contributed by atoms with Crippen molar-refractivity contribution in [1.82, 2.24) is 20.1 Å². The van der Waals surface area contributed by atoms with Gasteiger partial charge in [0, 0.05) is 24.1 Å². The number of hydrogen-bond acceptors (Lipinski definition) is 6. The largest absolute Gasteiger partial charge is 0.376 e. The maximum Gasteiger partial charge on any atom is 0.267 e. The first-order chi connectivity index (χ1) is 12.6. The maximum absolute atomic E-state index is 12.4. The summed E-state index contributed by atoms with van der Waals surface area (Å²) in [6.45, 7) is 2.99. The number of ether oxygens (including phenoxy) is 1. The second kappa shape index (κ2) is 7.28. The number of rotatable bonds is 3. The molecular weight excluding hydrogens is 352 g/mol. The molecule has 0 atom stereocenters. The summed E-state index contributed by atoms with van der Waals surface area (Å²) in [4.78, 5) is 29.6. The third-order valence-corrected chi connectivity index (χ3v) is 6.12. The minimum absolute atomic E-state index is 0.0440. The van der Waals surface area contributed by atoms with Crippen molar-refractivity contribution >= 4 is 17.2 Å². The lowest BCUT2D eigenvalue weighted by atomic mass is 9.91. The fraction of sp³-hybridized carbons (Fsp3) is 0.556. The van der Waals surface area contributed by atoms with Gasteiger partial charge >= 0.3 is 0 Å². The number of nitrogens with zero attached hydrogens (tertiary/aromatic N) is 3. The molecule has 4 rings (SSSR count). The van der Waals surface area contributed by atoms with Gasteiger partial charge in [-0.2, -0.15) is 5.10 Å². The number of fused-ring (bicyclic) bond motifs is 1. The second-order valence-electron chi connectivity index (χ2n) is 6.95. The topological polar surface area (TPSA) is 86.1 Å². The predicted molar refractivity (Wildman–Crippen MR) is 97.5 cm³/mol. The zero-order chi connectivity index (χ0) is 18.1. The summed E-state index contributed by atoms with van der Waals surface area (Å²) in [6.07, 6.45) is 4.14. The van der Waals surface area contributed by atoms with Crippen LogP contribution in [-0.4, -0.2) is 33.3 Å².